The quantitative estimate of drug-likeness (QED) is 0.202. The Labute approximate surface area is 241 Å². The molecule has 1 aliphatic heterocycles. The molecule has 214 valence electrons. The van der Waals surface area contributed by atoms with Crippen LogP contribution < -0.4 is 19.5 Å². The van der Waals surface area contributed by atoms with Gasteiger partial charge in [0.25, 0.3) is 5.91 Å². The van der Waals surface area contributed by atoms with Crippen molar-refractivity contribution in [3.63, 3.8) is 0 Å². The first-order valence-corrected chi connectivity index (χ1v) is 13.9. The summed E-state index contributed by atoms with van der Waals surface area (Å²) in [5.41, 5.74) is 2.60. The summed E-state index contributed by atoms with van der Waals surface area (Å²) in [5, 5.41) is 3.21. The van der Waals surface area contributed by atoms with Gasteiger partial charge in [-0.05, 0) is 90.5 Å². The minimum Gasteiger partial charge on any atom is -0.491 e. The minimum absolute atomic E-state index is 0.129. The Hall–Kier alpha value is -3.85. The maximum atomic E-state index is 14.1. The highest BCUT2D eigenvalue weighted by Crippen LogP contribution is 2.40. The number of rotatable bonds is 11. The van der Waals surface area contributed by atoms with Crippen molar-refractivity contribution in [1.82, 2.24) is 10.2 Å². The number of benzene rings is 2. The number of allylic oxidation sites excluding steroid dienone is 1. The molecule has 0 bridgehead atoms. The highest BCUT2D eigenvalue weighted by Gasteiger charge is 2.41. The van der Waals surface area contributed by atoms with E-state index in [-0.39, 0.29) is 29.3 Å². The number of esters is 1. The molecule has 0 saturated heterocycles. The van der Waals surface area contributed by atoms with Crippen molar-refractivity contribution in [2.24, 2.45) is 0 Å². The predicted molar refractivity (Wildman–Crippen MR) is 159 cm³/mol. The van der Waals surface area contributed by atoms with Gasteiger partial charge in [-0.1, -0.05) is 24.3 Å². The molecule has 1 heterocycles. The molecule has 0 radical (unpaired) electrons. The van der Waals surface area contributed by atoms with E-state index in [2.05, 4.69) is 5.32 Å². The number of carbonyl (C=O) groups is 2. The second kappa shape index (κ2) is 14.0. The van der Waals surface area contributed by atoms with Crippen LogP contribution in [0.1, 0.15) is 65.6 Å². The number of amides is 1. The smallest absolute Gasteiger partial charge is 0.338 e. The molecule has 0 aliphatic carbocycles. The molecule has 2 aromatic carbocycles. The lowest BCUT2D eigenvalue weighted by molar-refractivity contribution is -0.139. The normalized spacial score (nSPS) is 15.6. The van der Waals surface area contributed by atoms with Gasteiger partial charge in [-0.25, -0.2) is 4.79 Å². The molecule has 40 heavy (non-hydrogen) atoms. The largest absolute Gasteiger partial charge is 0.491 e. The zero-order valence-corrected chi connectivity index (χ0v) is 25.0. The number of para-hydroxylation sites is 1. The van der Waals surface area contributed by atoms with Crippen LogP contribution in [0.5, 0.6) is 17.2 Å². The van der Waals surface area contributed by atoms with E-state index in [1.165, 1.54) is 4.90 Å². The van der Waals surface area contributed by atoms with Gasteiger partial charge in [0.05, 0.1) is 31.5 Å². The number of nitrogens with zero attached hydrogens (tertiary/aromatic N) is 1. The Bertz CT molecular complexity index is 1320. The fourth-order valence-corrected chi connectivity index (χ4v) is 4.79. The Morgan fingerprint density at radius 2 is 1.68 bits per heavy atom. The van der Waals surface area contributed by atoms with Crippen molar-refractivity contribution in [3.8, 4) is 17.2 Å². The van der Waals surface area contributed by atoms with Crippen LogP contribution in [0.15, 0.2) is 59.3 Å². The summed E-state index contributed by atoms with van der Waals surface area (Å²) in [5.74, 6) is 0.867. The van der Waals surface area contributed by atoms with Crippen molar-refractivity contribution in [2.45, 2.75) is 60.6 Å². The molecule has 3 rings (SSSR count). The van der Waals surface area contributed by atoms with Gasteiger partial charge >= 0.3 is 5.97 Å². The summed E-state index contributed by atoms with van der Waals surface area (Å²) < 4.78 is 22.9. The van der Waals surface area contributed by atoms with E-state index in [1.807, 2.05) is 70.2 Å². The van der Waals surface area contributed by atoms with Gasteiger partial charge in [0.15, 0.2) is 16.6 Å². The Morgan fingerprint density at radius 1 is 1.00 bits per heavy atom. The third kappa shape index (κ3) is 7.01. The van der Waals surface area contributed by atoms with Gasteiger partial charge in [-0.3, -0.25) is 9.69 Å². The van der Waals surface area contributed by atoms with E-state index >= 15 is 0 Å². The molecule has 1 atom stereocenters. The Kier molecular flexibility index (Phi) is 10.7. The topological polar surface area (TPSA) is 86.3 Å². The van der Waals surface area contributed by atoms with Gasteiger partial charge < -0.3 is 24.3 Å². The predicted octanol–water partition coefficient (Wildman–Crippen LogP) is 5.97. The van der Waals surface area contributed by atoms with Crippen LogP contribution in [0.25, 0.3) is 6.08 Å². The molecule has 9 heteroatoms. The molecule has 1 amide bonds. The Morgan fingerprint density at radius 3 is 2.33 bits per heavy atom. The van der Waals surface area contributed by atoms with E-state index in [0.717, 1.165) is 5.56 Å². The van der Waals surface area contributed by atoms with E-state index in [4.69, 9.17) is 31.2 Å². The van der Waals surface area contributed by atoms with Crippen LogP contribution in [-0.2, 0) is 14.3 Å². The van der Waals surface area contributed by atoms with Crippen molar-refractivity contribution in [3.05, 3.63) is 70.4 Å². The number of thiocarbonyl (C=S) groups is 1. The van der Waals surface area contributed by atoms with E-state index in [9.17, 15) is 9.59 Å². The molecule has 1 unspecified atom stereocenters. The lowest BCUT2D eigenvalue weighted by atomic mass is 9.92. The Balaban J connectivity index is 2.13. The third-order valence-corrected chi connectivity index (χ3v) is 6.33. The second-order valence-corrected chi connectivity index (χ2v) is 9.76. The summed E-state index contributed by atoms with van der Waals surface area (Å²) >= 11 is 5.68. The van der Waals surface area contributed by atoms with Gasteiger partial charge in [0.1, 0.15) is 11.8 Å². The first-order chi connectivity index (χ1) is 19.1. The summed E-state index contributed by atoms with van der Waals surface area (Å²) in [6.07, 6.45) is 1.63. The maximum Gasteiger partial charge on any atom is 0.338 e. The van der Waals surface area contributed by atoms with Crippen LogP contribution in [0.3, 0.4) is 0 Å². The van der Waals surface area contributed by atoms with E-state index in [0.29, 0.717) is 47.3 Å². The van der Waals surface area contributed by atoms with Crippen molar-refractivity contribution in [2.75, 3.05) is 19.8 Å². The molecule has 2 aromatic rings. The number of ether oxygens (including phenoxy) is 4. The van der Waals surface area contributed by atoms with E-state index < -0.39 is 12.0 Å². The first-order valence-electron chi connectivity index (χ1n) is 13.5. The van der Waals surface area contributed by atoms with Crippen LogP contribution in [0.4, 0.5) is 0 Å². The molecule has 0 saturated carbocycles. The number of hydrogen-bond acceptors (Lipinski definition) is 7. The highest BCUT2D eigenvalue weighted by molar-refractivity contribution is 7.80. The molecule has 0 spiro atoms. The van der Waals surface area contributed by atoms with Gasteiger partial charge in [0, 0.05) is 16.8 Å². The van der Waals surface area contributed by atoms with Crippen LogP contribution in [0.2, 0.25) is 0 Å². The maximum absolute atomic E-state index is 14.1. The molecule has 0 fully saturated rings. The summed E-state index contributed by atoms with van der Waals surface area (Å²) in [7, 11) is 0. The molecule has 0 aromatic heterocycles. The first kappa shape index (κ1) is 30.7. The van der Waals surface area contributed by atoms with Crippen molar-refractivity contribution >= 4 is 35.3 Å². The number of nitrogens with one attached hydrogen (secondary N) is 1. The van der Waals surface area contributed by atoms with Crippen LogP contribution >= 0.6 is 12.2 Å². The van der Waals surface area contributed by atoms with Gasteiger partial charge in [-0.15, -0.1) is 0 Å². The molecule has 1 N–H and O–H groups in total. The average Bonchev–Trinajstić information content (AvgIpc) is 2.89. The summed E-state index contributed by atoms with van der Waals surface area (Å²) in [4.78, 5) is 28.8. The molecule has 1 aliphatic rings. The SMILES string of the molecule is CCOC(=O)C1=C(C)NC(=S)N(C(=O)/C(C)=C/c2ccc(OCC)c(OCC)c2)C1c1ccccc1OC(C)C. The van der Waals surface area contributed by atoms with Crippen molar-refractivity contribution in [1.29, 1.82) is 0 Å². The standard InChI is InChI=1S/C31H38N2O6S/c1-8-36-25-16-15-22(18-26(25)37-9-2)17-20(6)29(34)33-28(23-13-11-12-14-24(23)39-19(4)5)27(30(35)38-10-3)21(7)32-31(33)40/h11-19,28H,8-10H2,1-7H3,(H,32,40)/b20-17+. The van der Waals surface area contributed by atoms with Gasteiger partial charge in [-0.2, -0.15) is 0 Å². The number of carbonyl (C=O) groups excluding carboxylic acids is 2. The van der Waals surface area contributed by atoms with Crippen LogP contribution in [0, 0.1) is 0 Å². The fraction of sp³-hybridized carbons (Fsp3) is 0.387. The summed E-state index contributed by atoms with van der Waals surface area (Å²) in [6, 6.07) is 12.0. The molecular formula is C31H38N2O6S. The lowest BCUT2D eigenvalue weighted by Gasteiger charge is -2.39. The lowest BCUT2D eigenvalue weighted by Crippen LogP contribution is -2.51. The van der Waals surface area contributed by atoms with E-state index in [1.54, 1.807) is 26.8 Å². The van der Waals surface area contributed by atoms with Crippen molar-refractivity contribution < 1.29 is 28.5 Å². The minimum atomic E-state index is -0.863. The average molecular weight is 567 g/mol. The monoisotopic (exact) mass is 566 g/mol. The third-order valence-electron chi connectivity index (χ3n) is 6.03. The highest BCUT2D eigenvalue weighted by atomic mass is 32.1. The van der Waals surface area contributed by atoms with Crippen LogP contribution in [-0.4, -0.2) is 47.8 Å². The fourth-order valence-electron chi connectivity index (χ4n) is 4.44. The zero-order chi connectivity index (χ0) is 29.4. The molecule has 8 nitrogen and oxygen atoms in total. The zero-order valence-electron chi connectivity index (χ0n) is 24.2. The second-order valence-electron chi connectivity index (χ2n) is 9.37. The number of hydrogen-bond donors (Lipinski definition) is 1. The van der Waals surface area contributed by atoms with Gasteiger partial charge in [0.2, 0.25) is 0 Å². The summed E-state index contributed by atoms with van der Waals surface area (Å²) in [6.45, 7) is 14.0. The molecular weight excluding hydrogens is 528 g/mol.